The largest absolute Gasteiger partial charge is 0.367 e. The minimum absolute atomic E-state index is 0.0887. The topological polar surface area (TPSA) is 87.0 Å². The number of nitrogens with zero attached hydrogens (tertiary/aromatic N) is 4. The number of fused-ring (bicyclic) bond motifs is 1. The van der Waals surface area contributed by atoms with Gasteiger partial charge in [0.15, 0.2) is 0 Å². The zero-order valence-electron chi connectivity index (χ0n) is 18.2. The highest BCUT2D eigenvalue weighted by Crippen LogP contribution is 2.42. The van der Waals surface area contributed by atoms with E-state index in [9.17, 15) is 19.7 Å². The normalized spacial score (nSPS) is 23.1. The number of nitro benzene ring substituents is 1. The first kappa shape index (κ1) is 21.7. The van der Waals surface area contributed by atoms with Crippen molar-refractivity contribution in [3.63, 3.8) is 0 Å². The summed E-state index contributed by atoms with van der Waals surface area (Å²) in [5, 5.41) is 12.6. The third-order valence-electron chi connectivity index (χ3n) is 7.07. The number of nitro groups is 1. The fraction of sp³-hybridized carbons (Fsp3) is 0.417. The summed E-state index contributed by atoms with van der Waals surface area (Å²) in [5.74, 6) is -1.02. The van der Waals surface area contributed by atoms with Crippen LogP contribution in [-0.4, -0.2) is 42.9 Å². The Balaban J connectivity index is 1.38. The molecule has 0 unspecified atom stereocenters. The summed E-state index contributed by atoms with van der Waals surface area (Å²) in [6.07, 6.45) is 3.30. The zero-order chi connectivity index (χ0) is 23.1. The number of benzene rings is 2. The fourth-order valence-electron chi connectivity index (χ4n) is 5.38. The highest BCUT2D eigenvalue weighted by atomic mass is 35.5. The third kappa shape index (κ3) is 3.82. The van der Waals surface area contributed by atoms with Crippen LogP contribution in [0.4, 0.5) is 22.7 Å². The van der Waals surface area contributed by atoms with Crippen LogP contribution < -0.4 is 14.7 Å². The predicted octanol–water partition coefficient (Wildman–Crippen LogP) is 4.25. The minimum Gasteiger partial charge on any atom is -0.367 e. The molecule has 1 aliphatic carbocycles. The molecule has 0 aromatic heterocycles. The van der Waals surface area contributed by atoms with Gasteiger partial charge in [0.05, 0.1) is 33.2 Å². The van der Waals surface area contributed by atoms with E-state index in [1.54, 1.807) is 12.1 Å². The summed E-state index contributed by atoms with van der Waals surface area (Å²) < 4.78 is 0. The van der Waals surface area contributed by atoms with Crippen molar-refractivity contribution in [2.75, 3.05) is 40.9 Å². The molecule has 0 N–H and O–H groups in total. The number of carbonyl (C=O) groups excluding carboxylic acids is 2. The third-order valence-corrected chi connectivity index (χ3v) is 7.39. The van der Waals surface area contributed by atoms with Crippen LogP contribution in [0.1, 0.15) is 25.7 Å². The van der Waals surface area contributed by atoms with Gasteiger partial charge < -0.3 is 9.80 Å². The van der Waals surface area contributed by atoms with E-state index in [-0.39, 0.29) is 29.3 Å². The van der Waals surface area contributed by atoms with Gasteiger partial charge >= 0.3 is 0 Å². The lowest BCUT2D eigenvalue weighted by molar-refractivity contribution is -0.384. The number of piperazine rings is 1. The van der Waals surface area contributed by atoms with E-state index in [4.69, 9.17) is 11.6 Å². The number of carbonyl (C=O) groups is 2. The summed E-state index contributed by atoms with van der Waals surface area (Å²) in [6, 6.07) is 12.4. The summed E-state index contributed by atoms with van der Waals surface area (Å²) in [5.41, 5.74) is 1.66. The van der Waals surface area contributed by atoms with Crippen LogP contribution in [0.15, 0.2) is 42.5 Å². The average Bonchev–Trinajstić information content (AvgIpc) is 3.09. The number of para-hydroxylation sites is 1. The first-order valence-electron chi connectivity index (χ1n) is 11.4. The number of imide groups is 1. The minimum atomic E-state index is -0.433. The van der Waals surface area contributed by atoms with Gasteiger partial charge in [0.25, 0.3) is 5.69 Å². The number of hydrogen-bond donors (Lipinski definition) is 0. The van der Waals surface area contributed by atoms with Crippen molar-refractivity contribution in [3.05, 3.63) is 57.6 Å². The number of rotatable bonds is 4. The summed E-state index contributed by atoms with van der Waals surface area (Å²) in [4.78, 5) is 42.7. The zero-order valence-corrected chi connectivity index (χ0v) is 18.9. The lowest BCUT2D eigenvalue weighted by Crippen LogP contribution is -2.46. The number of halogens is 1. The molecule has 33 heavy (non-hydrogen) atoms. The maximum Gasteiger partial charge on any atom is 0.294 e. The second-order valence-electron chi connectivity index (χ2n) is 8.86. The predicted molar refractivity (Wildman–Crippen MR) is 127 cm³/mol. The van der Waals surface area contributed by atoms with E-state index in [2.05, 4.69) is 4.90 Å². The molecule has 2 aromatic rings. The van der Waals surface area contributed by atoms with Crippen LogP contribution in [0.25, 0.3) is 0 Å². The smallest absolute Gasteiger partial charge is 0.294 e. The van der Waals surface area contributed by atoms with E-state index < -0.39 is 4.92 Å². The van der Waals surface area contributed by atoms with Crippen molar-refractivity contribution in [1.82, 2.24) is 0 Å². The quantitative estimate of drug-likeness (QED) is 0.378. The monoisotopic (exact) mass is 468 g/mol. The molecule has 2 saturated heterocycles. The highest BCUT2D eigenvalue weighted by molar-refractivity contribution is 6.33. The molecule has 3 fully saturated rings. The van der Waals surface area contributed by atoms with Gasteiger partial charge in [-0.15, -0.1) is 0 Å². The molecule has 2 aliphatic heterocycles. The summed E-state index contributed by atoms with van der Waals surface area (Å²) in [7, 11) is 0. The molecule has 172 valence electrons. The molecule has 2 aromatic carbocycles. The Hall–Kier alpha value is -3.13. The molecule has 0 bridgehead atoms. The molecule has 5 rings (SSSR count). The molecule has 0 spiro atoms. The number of amides is 2. The lowest BCUT2D eigenvalue weighted by Gasteiger charge is -2.37. The Kier molecular flexibility index (Phi) is 5.70. The van der Waals surface area contributed by atoms with Crippen molar-refractivity contribution < 1.29 is 14.5 Å². The lowest BCUT2D eigenvalue weighted by atomic mass is 9.81. The molecule has 1 saturated carbocycles. The van der Waals surface area contributed by atoms with Crippen molar-refractivity contribution in [3.8, 4) is 0 Å². The van der Waals surface area contributed by atoms with Crippen LogP contribution >= 0.6 is 11.6 Å². The van der Waals surface area contributed by atoms with Gasteiger partial charge in [-0.2, -0.15) is 0 Å². The van der Waals surface area contributed by atoms with Crippen molar-refractivity contribution >= 4 is 46.2 Å². The second-order valence-corrected chi connectivity index (χ2v) is 9.27. The van der Waals surface area contributed by atoms with Crippen molar-refractivity contribution in [1.29, 1.82) is 0 Å². The Morgan fingerprint density at radius 3 is 2.00 bits per heavy atom. The standard InChI is InChI=1S/C24H25ClN4O4/c25-19-7-3-4-8-20(19)26-11-13-27(14-12-26)21-10-9-16(15-22(21)29(32)33)28-23(30)17-5-1-2-6-18(17)24(28)31/h3-4,7-10,15,17-18H,1-2,5-6,11-14H2/t17-,18+. The Morgan fingerprint density at radius 1 is 0.848 bits per heavy atom. The van der Waals surface area contributed by atoms with E-state index in [1.807, 2.05) is 29.2 Å². The second kappa shape index (κ2) is 8.67. The van der Waals surface area contributed by atoms with Gasteiger partial charge in [-0.05, 0) is 37.1 Å². The van der Waals surface area contributed by atoms with Crippen LogP contribution in [0, 0.1) is 22.0 Å². The highest BCUT2D eigenvalue weighted by Gasteiger charge is 2.49. The van der Waals surface area contributed by atoms with Gasteiger partial charge in [-0.25, -0.2) is 4.90 Å². The number of hydrogen-bond acceptors (Lipinski definition) is 6. The van der Waals surface area contributed by atoms with Crippen LogP contribution in [0.2, 0.25) is 5.02 Å². The Bertz CT molecular complexity index is 1090. The van der Waals surface area contributed by atoms with Gasteiger partial charge in [0.1, 0.15) is 5.69 Å². The van der Waals surface area contributed by atoms with Gasteiger partial charge in [0, 0.05) is 32.2 Å². The molecule has 9 heteroatoms. The molecule has 2 heterocycles. The SMILES string of the molecule is O=C1[C@H]2CCCC[C@H]2C(=O)N1c1ccc(N2CCN(c3ccccc3Cl)CC2)c([N+](=O)[O-])c1. The van der Waals surface area contributed by atoms with Crippen LogP contribution in [-0.2, 0) is 9.59 Å². The van der Waals surface area contributed by atoms with E-state index in [1.165, 1.54) is 11.0 Å². The van der Waals surface area contributed by atoms with Crippen LogP contribution in [0.3, 0.4) is 0 Å². The maximum atomic E-state index is 12.9. The molecular formula is C24H25ClN4O4. The molecule has 8 nitrogen and oxygen atoms in total. The first-order chi connectivity index (χ1) is 16.0. The fourth-order valence-corrected chi connectivity index (χ4v) is 5.63. The molecule has 2 amide bonds. The Labute approximate surface area is 196 Å². The van der Waals surface area contributed by atoms with Gasteiger partial charge in [0.2, 0.25) is 11.8 Å². The van der Waals surface area contributed by atoms with Gasteiger partial charge in [-0.3, -0.25) is 19.7 Å². The molecule has 2 atom stereocenters. The first-order valence-corrected chi connectivity index (χ1v) is 11.7. The van der Waals surface area contributed by atoms with Crippen LogP contribution in [0.5, 0.6) is 0 Å². The van der Waals surface area contributed by atoms with E-state index >= 15 is 0 Å². The summed E-state index contributed by atoms with van der Waals surface area (Å²) in [6.45, 7) is 2.54. The van der Waals surface area contributed by atoms with Crippen molar-refractivity contribution in [2.24, 2.45) is 11.8 Å². The molecular weight excluding hydrogens is 444 g/mol. The van der Waals surface area contributed by atoms with E-state index in [0.717, 1.165) is 18.5 Å². The maximum absolute atomic E-state index is 12.9. The van der Waals surface area contributed by atoms with Crippen molar-refractivity contribution in [2.45, 2.75) is 25.7 Å². The van der Waals surface area contributed by atoms with Gasteiger partial charge in [-0.1, -0.05) is 36.6 Å². The molecule has 0 radical (unpaired) electrons. The Morgan fingerprint density at radius 2 is 1.42 bits per heavy atom. The average molecular weight is 469 g/mol. The number of anilines is 3. The molecule has 3 aliphatic rings. The van der Waals surface area contributed by atoms with E-state index in [0.29, 0.717) is 55.4 Å². The summed E-state index contributed by atoms with van der Waals surface area (Å²) >= 11 is 6.32.